The molecule has 0 saturated carbocycles. The van der Waals surface area contributed by atoms with Crippen molar-refractivity contribution in [1.82, 2.24) is 10.5 Å². The minimum atomic E-state index is -0.404. The molecule has 0 aliphatic rings. The Morgan fingerprint density at radius 3 is 2.67 bits per heavy atom. The van der Waals surface area contributed by atoms with Crippen molar-refractivity contribution in [1.29, 1.82) is 0 Å². The van der Waals surface area contributed by atoms with Crippen LogP contribution in [0, 0.1) is 6.92 Å². The highest BCUT2D eigenvalue weighted by Gasteiger charge is 2.15. The summed E-state index contributed by atoms with van der Waals surface area (Å²) in [4.78, 5) is 20.8. The zero-order valence-electron chi connectivity index (χ0n) is 9.50. The van der Waals surface area contributed by atoms with Gasteiger partial charge < -0.3 is 0 Å². The SMILES string of the molecule is Cc1cccnc1C(=O)NOC(C)(C)C. The van der Waals surface area contributed by atoms with Crippen LogP contribution >= 0.6 is 0 Å². The third kappa shape index (κ3) is 3.67. The first-order chi connectivity index (χ1) is 6.90. The predicted octanol–water partition coefficient (Wildman–Crippen LogP) is 1.85. The maximum Gasteiger partial charge on any atom is 0.293 e. The first-order valence-corrected chi connectivity index (χ1v) is 4.80. The van der Waals surface area contributed by atoms with Gasteiger partial charge in [-0.3, -0.25) is 14.6 Å². The zero-order valence-corrected chi connectivity index (χ0v) is 9.50. The van der Waals surface area contributed by atoms with E-state index < -0.39 is 5.60 Å². The molecule has 82 valence electrons. The van der Waals surface area contributed by atoms with Gasteiger partial charge in [0, 0.05) is 6.20 Å². The van der Waals surface area contributed by atoms with E-state index in [1.807, 2.05) is 33.8 Å². The standard InChI is InChI=1S/C11H16N2O2/c1-8-6-5-7-12-9(8)10(14)13-15-11(2,3)4/h5-7H,1-4H3,(H,13,14). The van der Waals surface area contributed by atoms with Gasteiger partial charge in [0.1, 0.15) is 5.69 Å². The van der Waals surface area contributed by atoms with Crippen molar-refractivity contribution < 1.29 is 9.63 Å². The van der Waals surface area contributed by atoms with E-state index in [9.17, 15) is 4.79 Å². The molecule has 1 amide bonds. The third-order valence-corrected chi connectivity index (χ3v) is 1.67. The summed E-state index contributed by atoms with van der Waals surface area (Å²) < 4.78 is 0. The first-order valence-electron chi connectivity index (χ1n) is 4.80. The summed E-state index contributed by atoms with van der Waals surface area (Å²) in [6, 6.07) is 3.62. The zero-order chi connectivity index (χ0) is 11.5. The number of amides is 1. The van der Waals surface area contributed by atoms with E-state index in [0.29, 0.717) is 5.69 Å². The Bertz CT molecular complexity index is 356. The van der Waals surface area contributed by atoms with Crippen LogP contribution in [0.3, 0.4) is 0 Å². The summed E-state index contributed by atoms with van der Waals surface area (Å²) in [5.74, 6) is -0.317. The van der Waals surface area contributed by atoms with Crippen LogP contribution in [0.1, 0.15) is 36.8 Å². The first kappa shape index (κ1) is 11.7. The van der Waals surface area contributed by atoms with Gasteiger partial charge in [-0.25, -0.2) is 5.48 Å². The highest BCUT2D eigenvalue weighted by molar-refractivity contribution is 5.92. The van der Waals surface area contributed by atoms with Gasteiger partial charge in [-0.1, -0.05) is 6.07 Å². The molecule has 1 aromatic rings. The number of aryl methyl sites for hydroxylation is 1. The largest absolute Gasteiger partial charge is 0.293 e. The van der Waals surface area contributed by atoms with Gasteiger partial charge in [0.25, 0.3) is 5.91 Å². The number of carbonyl (C=O) groups is 1. The van der Waals surface area contributed by atoms with Gasteiger partial charge in [-0.2, -0.15) is 0 Å². The smallest absolute Gasteiger partial charge is 0.268 e. The second-order valence-electron chi connectivity index (χ2n) is 4.31. The lowest BCUT2D eigenvalue weighted by Gasteiger charge is -2.18. The van der Waals surface area contributed by atoms with E-state index in [2.05, 4.69) is 10.5 Å². The Morgan fingerprint density at radius 2 is 2.13 bits per heavy atom. The highest BCUT2D eigenvalue weighted by atomic mass is 16.7. The molecule has 4 heteroatoms. The van der Waals surface area contributed by atoms with Crippen molar-refractivity contribution in [2.75, 3.05) is 0 Å². The molecule has 0 saturated heterocycles. The van der Waals surface area contributed by atoms with Crippen LogP contribution in [0.4, 0.5) is 0 Å². The summed E-state index contributed by atoms with van der Waals surface area (Å²) >= 11 is 0. The predicted molar refractivity (Wildman–Crippen MR) is 57.3 cm³/mol. The third-order valence-electron chi connectivity index (χ3n) is 1.67. The molecule has 0 spiro atoms. The highest BCUT2D eigenvalue weighted by Crippen LogP contribution is 2.06. The normalized spacial score (nSPS) is 11.2. The second kappa shape index (κ2) is 4.40. The van der Waals surface area contributed by atoms with Crippen molar-refractivity contribution >= 4 is 5.91 Å². The van der Waals surface area contributed by atoms with Crippen LogP contribution in [0.25, 0.3) is 0 Å². The molecular weight excluding hydrogens is 192 g/mol. The van der Waals surface area contributed by atoms with E-state index in [1.54, 1.807) is 12.3 Å². The number of rotatable bonds is 2. The molecular formula is C11H16N2O2. The van der Waals surface area contributed by atoms with Crippen LogP contribution in [0.5, 0.6) is 0 Å². The van der Waals surface area contributed by atoms with Gasteiger partial charge in [0.05, 0.1) is 5.60 Å². The number of aromatic nitrogens is 1. The van der Waals surface area contributed by atoms with Crippen molar-refractivity contribution in [3.63, 3.8) is 0 Å². The van der Waals surface area contributed by atoms with E-state index in [0.717, 1.165) is 5.56 Å². The van der Waals surface area contributed by atoms with Crippen molar-refractivity contribution in [3.8, 4) is 0 Å². The molecule has 0 radical (unpaired) electrons. The summed E-state index contributed by atoms with van der Waals surface area (Å²) in [5, 5.41) is 0. The maximum absolute atomic E-state index is 11.6. The lowest BCUT2D eigenvalue weighted by atomic mass is 10.2. The molecule has 0 aromatic carbocycles. The quantitative estimate of drug-likeness (QED) is 0.754. The molecule has 0 aliphatic carbocycles. The minimum Gasteiger partial charge on any atom is -0.268 e. The number of hydrogen-bond donors (Lipinski definition) is 1. The molecule has 1 heterocycles. The fourth-order valence-corrected chi connectivity index (χ4v) is 0.971. The number of hydrogen-bond acceptors (Lipinski definition) is 3. The number of nitrogens with zero attached hydrogens (tertiary/aromatic N) is 1. The van der Waals surface area contributed by atoms with E-state index in [4.69, 9.17) is 4.84 Å². The lowest BCUT2D eigenvalue weighted by molar-refractivity contribution is -0.0591. The fraction of sp³-hybridized carbons (Fsp3) is 0.455. The fourth-order valence-electron chi connectivity index (χ4n) is 0.971. The van der Waals surface area contributed by atoms with Gasteiger partial charge >= 0.3 is 0 Å². The van der Waals surface area contributed by atoms with E-state index in [-0.39, 0.29) is 5.91 Å². The minimum absolute atomic E-state index is 0.317. The average molecular weight is 208 g/mol. The Balaban J connectivity index is 2.66. The Kier molecular flexibility index (Phi) is 3.42. The Morgan fingerprint density at radius 1 is 1.47 bits per heavy atom. The molecule has 0 fully saturated rings. The summed E-state index contributed by atoms with van der Waals surface area (Å²) in [7, 11) is 0. The van der Waals surface area contributed by atoms with Crippen molar-refractivity contribution in [3.05, 3.63) is 29.6 Å². The summed E-state index contributed by atoms with van der Waals surface area (Å²) in [6.45, 7) is 7.41. The topological polar surface area (TPSA) is 51.2 Å². The number of pyridine rings is 1. The number of nitrogens with one attached hydrogen (secondary N) is 1. The summed E-state index contributed by atoms with van der Waals surface area (Å²) in [5.41, 5.74) is 3.19. The average Bonchev–Trinajstić information content (AvgIpc) is 2.14. The van der Waals surface area contributed by atoms with E-state index in [1.165, 1.54) is 0 Å². The van der Waals surface area contributed by atoms with Crippen molar-refractivity contribution in [2.45, 2.75) is 33.3 Å². The van der Waals surface area contributed by atoms with Crippen LogP contribution in [-0.2, 0) is 4.84 Å². The van der Waals surface area contributed by atoms with Gasteiger partial charge in [0.2, 0.25) is 0 Å². The number of carbonyl (C=O) groups excluding carboxylic acids is 1. The van der Waals surface area contributed by atoms with E-state index >= 15 is 0 Å². The molecule has 1 aromatic heterocycles. The van der Waals surface area contributed by atoms with Gasteiger partial charge in [0.15, 0.2) is 0 Å². The Hall–Kier alpha value is -1.42. The molecule has 1 rings (SSSR count). The molecule has 0 bridgehead atoms. The monoisotopic (exact) mass is 208 g/mol. The molecule has 15 heavy (non-hydrogen) atoms. The maximum atomic E-state index is 11.6. The summed E-state index contributed by atoms with van der Waals surface area (Å²) in [6.07, 6.45) is 1.58. The van der Waals surface area contributed by atoms with Crippen LogP contribution in [-0.4, -0.2) is 16.5 Å². The van der Waals surface area contributed by atoms with Crippen molar-refractivity contribution in [2.24, 2.45) is 0 Å². The van der Waals surface area contributed by atoms with Crippen LogP contribution in [0.15, 0.2) is 18.3 Å². The molecule has 1 N–H and O–H groups in total. The molecule has 4 nitrogen and oxygen atoms in total. The lowest BCUT2D eigenvalue weighted by Crippen LogP contribution is -2.34. The second-order valence-corrected chi connectivity index (χ2v) is 4.31. The van der Waals surface area contributed by atoms with Gasteiger partial charge in [-0.15, -0.1) is 0 Å². The van der Waals surface area contributed by atoms with Gasteiger partial charge in [-0.05, 0) is 39.3 Å². The van der Waals surface area contributed by atoms with Crippen LogP contribution < -0.4 is 5.48 Å². The molecule has 0 atom stereocenters. The van der Waals surface area contributed by atoms with Crippen LogP contribution in [0.2, 0.25) is 0 Å². The number of hydroxylamine groups is 1. The molecule has 0 aliphatic heterocycles. The Labute approximate surface area is 89.6 Å². The molecule has 0 unspecified atom stereocenters.